The number of esters is 1. The third-order valence-electron chi connectivity index (χ3n) is 3.51. The van der Waals surface area contributed by atoms with Gasteiger partial charge in [0.25, 0.3) is 0 Å². The van der Waals surface area contributed by atoms with E-state index in [9.17, 15) is 4.79 Å². The number of nitrogens with zero attached hydrogens (tertiary/aromatic N) is 3. The first-order valence-electron chi connectivity index (χ1n) is 7.44. The fourth-order valence-electron chi connectivity index (χ4n) is 2.41. The lowest BCUT2D eigenvalue weighted by atomic mass is 10.1. The van der Waals surface area contributed by atoms with Gasteiger partial charge in [0.2, 0.25) is 0 Å². The molecular formula is C18H19N3O2. The monoisotopic (exact) mass is 309 g/mol. The van der Waals surface area contributed by atoms with Crippen molar-refractivity contribution in [1.29, 1.82) is 10.5 Å². The molecule has 118 valence electrons. The number of allylic oxidation sites excluding steroid dienone is 1. The van der Waals surface area contributed by atoms with Crippen molar-refractivity contribution in [1.82, 2.24) is 0 Å². The Kier molecular flexibility index (Phi) is 4.71. The van der Waals surface area contributed by atoms with Crippen LogP contribution in [-0.2, 0) is 4.74 Å². The maximum atomic E-state index is 12.0. The van der Waals surface area contributed by atoms with E-state index < -0.39 is 5.60 Å². The van der Waals surface area contributed by atoms with Gasteiger partial charge in [-0.3, -0.25) is 0 Å². The number of carbonyl (C=O) groups excluding carboxylic acids is 1. The van der Waals surface area contributed by atoms with Crippen LogP contribution < -0.4 is 4.90 Å². The average molecular weight is 309 g/mol. The number of anilines is 1. The number of hydrogen-bond acceptors (Lipinski definition) is 5. The van der Waals surface area contributed by atoms with Crippen molar-refractivity contribution in [3.05, 3.63) is 41.0 Å². The van der Waals surface area contributed by atoms with E-state index in [0.717, 1.165) is 17.8 Å². The Morgan fingerprint density at radius 2 is 1.78 bits per heavy atom. The van der Waals surface area contributed by atoms with E-state index >= 15 is 0 Å². The number of hydrogen-bond donors (Lipinski definition) is 0. The first-order valence-corrected chi connectivity index (χ1v) is 7.44. The minimum atomic E-state index is -0.518. The molecule has 0 N–H and O–H groups in total. The molecule has 0 unspecified atom stereocenters. The summed E-state index contributed by atoms with van der Waals surface area (Å²) in [5, 5.41) is 17.9. The fourth-order valence-corrected chi connectivity index (χ4v) is 2.41. The van der Waals surface area contributed by atoms with Gasteiger partial charge in [-0.2, -0.15) is 10.5 Å². The molecule has 1 aliphatic rings. The van der Waals surface area contributed by atoms with Crippen molar-refractivity contribution in [2.75, 3.05) is 18.0 Å². The highest BCUT2D eigenvalue weighted by atomic mass is 16.6. The summed E-state index contributed by atoms with van der Waals surface area (Å²) in [4.78, 5) is 14.1. The van der Waals surface area contributed by atoms with Gasteiger partial charge in [-0.1, -0.05) is 0 Å². The standard InChI is InChI=1S/C18H19N3O2/c1-18(2,3)23-17(22)13-4-6-16(7-5-13)21-9-8-14(12-21)15(10-19)11-20/h4-7H,8-9,12H2,1-3H3. The summed E-state index contributed by atoms with van der Waals surface area (Å²) in [5.74, 6) is -0.345. The molecule has 0 amide bonds. The van der Waals surface area contributed by atoms with Gasteiger partial charge >= 0.3 is 5.97 Å². The third kappa shape index (κ3) is 4.11. The molecule has 1 heterocycles. The highest BCUT2D eigenvalue weighted by molar-refractivity contribution is 5.90. The van der Waals surface area contributed by atoms with Gasteiger partial charge in [0, 0.05) is 18.8 Å². The maximum absolute atomic E-state index is 12.0. The molecule has 0 aliphatic carbocycles. The molecule has 0 atom stereocenters. The molecule has 0 spiro atoms. The van der Waals surface area contributed by atoms with E-state index in [1.165, 1.54) is 0 Å². The Morgan fingerprint density at radius 1 is 1.17 bits per heavy atom. The van der Waals surface area contributed by atoms with Crippen LogP contribution in [0.15, 0.2) is 35.4 Å². The molecule has 1 fully saturated rings. The summed E-state index contributed by atoms with van der Waals surface area (Å²) >= 11 is 0. The molecule has 5 heteroatoms. The summed E-state index contributed by atoms with van der Waals surface area (Å²) in [7, 11) is 0. The summed E-state index contributed by atoms with van der Waals surface area (Å²) in [6.07, 6.45) is 0.713. The van der Waals surface area contributed by atoms with Gasteiger partial charge in [0.1, 0.15) is 23.3 Å². The molecule has 0 aromatic heterocycles. The second-order valence-corrected chi connectivity index (χ2v) is 6.42. The van der Waals surface area contributed by atoms with Gasteiger partial charge < -0.3 is 9.64 Å². The topological polar surface area (TPSA) is 77.1 Å². The van der Waals surface area contributed by atoms with Crippen molar-refractivity contribution in [3.63, 3.8) is 0 Å². The van der Waals surface area contributed by atoms with Gasteiger partial charge in [-0.25, -0.2) is 4.79 Å². The lowest BCUT2D eigenvalue weighted by Crippen LogP contribution is -2.24. The minimum absolute atomic E-state index is 0.206. The van der Waals surface area contributed by atoms with Crippen LogP contribution >= 0.6 is 0 Å². The van der Waals surface area contributed by atoms with Crippen LogP contribution in [0.3, 0.4) is 0 Å². The van der Waals surface area contributed by atoms with E-state index in [1.807, 2.05) is 45.0 Å². The summed E-state index contributed by atoms with van der Waals surface area (Å²) in [6, 6.07) is 11.1. The summed E-state index contributed by atoms with van der Waals surface area (Å²) in [5.41, 5.74) is 2.02. The number of rotatable bonds is 2. The molecule has 1 saturated heterocycles. The van der Waals surface area contributed by atoms with Gasteiger partial charge in [-0.15, -0.1) is 0 Å². The van der Waals surface area contributed by atoms with E-state index in [0.29, 0.717) is 18.5 Å². The van der Waals surface area contributed by atoms with E-state index in [-0.39, 0.29) is 11.5 Å². The quantitative estimate of drug-likeness (QED) is 0.619. The number of ether oxygens (including phenoxy) is 1. The van der Waals surface area contributed by atoms with Gasteiger partial charge in [-0.05, 0) is 57.0 Å². The molecular weight excluding hydrogens is 290 g/mol. The molecule has 23 heavy (non-hydrogen) atoms. The SMILES string of the molecule is CC(C)(C)OC(=O)c1ccc(N2CCC(=C(C#N)C#N)C2)cc1. The Morgan fingerprint density at radius 3 is 2.30 bits per heavy atom. The van der Waals surface area contributed by atoms with Crippen molar-refractivity contribution in [2.45, 2.75) is 32.8 Å². The largest absolute Gasteiger partial charge is 0.456 e. The van der Waals surface area contributed by atoms with Gasteiger partial charge in [0.15, 0.2) is 0 Å². The van der Waals surface area contributed by atoms with Crippen LogP contribution in [0.2, 0.25) is 0 Å². The van der Waals surface area contributed by atoms with Gasteiger partial charge in [0.05, 0.1) is 5.56 Å². The summed E-state index contributed by atoms with van der Waals surface area (Å²) < 4.78 is 5.33. The molecule has 5 nitrogen and oxygen atoms in total. The number of carbonyl (C=O) groups is 1. The predicted octanol–water partition coefficient (Wildman–Crippen LogP) is 3.20. The van der Waals surface area contributed by atoms with Crippen LogP contribution in [0, 0.1) is 22.7 Å². The normalized spacial score (nSPS) is 14.1. The Labute approximate surface area is 136 Å². The van der Waals surface area contributed by atoms with Crippen LogP contribution in [0.5, 0.6) is 0 Å². The molecule has 1 aliphatic heterocycles. The molecule has 1 aromatic carbocycles. The van der Waals surface area contributed by atoms with Crippen LogP contribution in [0.25, 0.3) is 0 Å². The zero-order chi connectivity index (χ0) is 17.0. The predicted molar refractivity (Wildman–Crippen MR) is 86.7 cm³/mol. The second kappa shape index (κ2) is 6.54. The van der Waals surface area contributed by atoms with E-state index in [1.54, 1.807) is 12.1 Å². The highest BCUT2D eigenvalue weighted by Gasteiger charge is 2.21. The molecule has 0 saturated carbocycles. The van der Waals surface area contributed by atoms with Crippen molar-refractivity contribution >= 4 is 11.7 Å². The lowest BCUT2D eigenvalue weighted by molar-refractivity contribution is 0.00696. The van der Waals surface area contributed by atoms with E-state index in [4.69, 9.17) is 15.3 Å². The lowest BCUT2D eigenvalue weighted by Gasteiger charge is -2.20. The Hall–Kier alpha value is -2.79. The molecule has 1 aromatic rings. The van der Waals surface area contributed by atoms with Crippen LogP contribution in [0.1, 0.15) is 37.6 Å². The zero-order valence-corrected chi connectivity index (χ0v) is 13.6. The van der Waals surface area contributed by atoms with Crippen molar-refractivity contribution in [3.8, 4) is 12.1 Å². The average Bonchev–Trinajstić information content (AvgIpc) is 2.97. The summed E-state index contributed by atoms with van der Waals surface area (Å²) in [6.45, 7) is 6.83. The Balaban J connectivity index is 2.10. The van der Waals surface area contributed by atoms with E-state index in [2.05, 4.69) is 4.90 Å². The first kappa shape index (κ1) is 16.6. The van der Waals surface area contributed by atoms with Crippen molar-refractivity contribution in [2.24, 2.45) is 0 Å². The number of nitriles is 2. The first-order chi connectivity index (χ1) is 10.8. The zero-order valence-electron chi connectivity index (χ0n) is 13.6. The Bertz CT molecular complexity index is 697. The highest BCUT2D eigenvalue weighted by Crippen LogP contribution is 2.25. The molecule has 2 rings (SSSR count). The minimum Gasteiger partial charge on any atom is -0.456 e. The smallest absolute Gasteiger partial charge is 0.338 e. The second-order valence-electron chi connectivity index (χ2n) is 6.42. The maximum Gasteiger partial charge on any atom is 0.338 e. The molecule has 0 bridgehead atoms. The fraction of sp³-hybridized carbons (Fsp3) is 0.389. The van der Waals surface area contributed by atoms with Crippen LogP contribution in [0.4, 0.5) is 5.69 Å². The van der Waals surface area contributed by atoms with Crippen LogP contribution in [-0.4, -0.2) is 24.7 Å². The molecule has 0 radical (unpaired) electrons. The number of benzene rings is 1. The van der Waals surface area contributed by atoms with Crippen molar-refractivity contribution < 1.29 is 9.53 Å². The third-order valence-corrected chi connectivity index (χ3v) is 3.51.